The molecule has 4 heteroatoms. The molecule has 0 saturated carbocycles. The largest absolute Gasteiger partial charge is 0.303 e. The molecule has 0 amide bonds. The van der Waals surface area contributed by atoms with Gasteiger partial charge in [0.25, 0.3) is 0 Å². The van der Waals surface area contributed by atoms with Crippen LogP contribution >= 0.6 is 23.2 Å². The Morgan fingerprint density at radius 2 is 1.93 bits per heavy atom. The van der Waals surface area contributed by atoms with E-state index in [9.17, 15) is 0 Å². The predicted octanol–water partition coefficient (Wildman–Crippen LogP) is 3.28. The predicted molar refractivity (Wildman–Crippen MR) is 62.4 cm³/mol. The second-order valence-corrected chi connectivity index (χ2v) is 4.00. The van der Waals surface area contributed by atoms with Gasteiger partial charge in [-0.3, -0.25) is 0 Å². The average Bonchev–Trinajstić information content (AvgIpc) is 2.01. The topological polar surface area (TPSA) is 15.6 Å². The molecule has 1 aromatic rings. The van der Waals surface area contributed by atoms with Crippen molar-refractivity contribution in [3.63, 3.8) is 0 Å². The lowest BCUT2D eigenvalue weighted by Crippen LogP contribution is -2.07. The highest BCUT2D eigenvalue weighted by Gasteiger charge is 2.04. The van der Waals surface area contributed by atoms with Gasteiger partial charge in [-0.05, 0) is 19.1 Å². The summed E-state index contributed by atoms with van der Waals surface area (Å²) >= 11 is 11.8. The molecule has 0 radical (unpaired) electrons. The molecule has 0 atom stereocenters. The van der Waals surface area contributed by atoms with Crippen molar-refractivity contribution in [2.75, 3.05) is 14.1 Å². The highest BCUT2D eigenvalue weighted by molar-refractivity contribution is 6.36. The molecule has 0 fully saturated rings. The van der Waals surface area contributed by atoms with Crippen LogP contribution in [0.15, 0.2) is 23.3 Å². The Labute approximate surface area is 94.1 Å². The third-order valence-electron chi connectivity index (χ3n) is 1.67. The Balaban J connectivity index is 3.07. The van der Waals surface area contributed by atoms with E-state index in [4.69, 9.17) is 23.2 Å². The molecule has 0 aliphatic carbocycles. The highest BCUT2D eigenvalue weighted by atomic mass is 35.5. The third-order valence-corrected chi connectivity index (χ3v) is 2.22. The molecule has 76 valence electrons. The number of halogens is 2. The number of hydrogen-bond donors (Lipinski definition) is 0. The zero-order valence-corrected chi connectivity index (χ0v) is 9.89. The summed E-state index contributed by atoms with van der Waals surface area (Å²) in [6.07, 6.45) is 0. The molecule has 0 bridgehead atoms. The van der Waals surface area contributed by atoms with Crippen LogP contribution in [0.25, 0.3) is 0 Å². The zero-order chi connectivity index (χ0) is 10.7. The van der Waals surface area contributed by atoms with Gasteiger partial charge in [-0.2, -0.15) is 5.10 Å². The fraction of sp³-hybridized carbons (Fsp3) is 0.300. The lowest BCUT2D eigenvalue weighted by Gasteiger charge is -2.08. The summed E-state index contributed by atoms with van der Waals surface area (Å²) in [6.45, 7) is 1.91. The van der Waals surface area contributed by atoms with Crippen molar-refractivity contribution in [2.45, 2.75) is 6.92 Å². The van der Waals surface area contributed by atoms with Crippen LogP contribution < -0.4 is 0 Å². The minimum Gasteiger partial charge on any atom is -0.303 e. The molecular weight excluding hydrogens is 219 g/mol. The fourth-order valence-electron chi connectivity index (χ4n) is 1.14. The van der Waals surface area contributed by atoms with E-state index >= 15 is 0 Å². The van der Waals surface area contributed by atoms with Gasteiger partial charge in [0.15, 0.2) is 0 Å². The molecule has 0 aliphatic heterocycles. The van der Waals surface area contributed by atoms with Crippen molar-refractivity contribution >= 4 is 28.9 Å². The maximum atomic E-state index is 6.02. The summed E-state index contributed by atoms with van der Waals surface area (Å²) < 4.78 is 0. The number of rotatable bonds is 2. The molecule has 1 aromatic carbocycles. The zero-order valence-electron chi connectivity index (χ0n) is 8.38. The van der Waals surface area contributed by atoms with Gasteiger partial charge in [0.05, 0.1) is 10.7 Å². The van der Waals surface area contributed by atoms with E-state index in [0.29, 0.717) is 10.0 Å². The van der Waals surface area contributed by atoms with Crippen LogP contribution in [0.3, 0.4) is 0 Å². The van der Waals surface area contributed by atoms with Gasteiger partial charge in [0, 0.05) is 24.7 Å². The van der Waals surface area contributed by atoms with Crippen molar-refractivity contribution in [3.05, 3.63) is 33.8 Å². The van der Waals surface area contributed by atoms with Crippen molar-refractivity contribution in [2.24, 2.45) is 5.10 Å². The van der Waals surface area contributed by atoms with Crippen LogP contribution in [0.1, 0.15) is 12.5 Å². The second kappa shape index (κ2) is 4.67. The number of benzene rings is 1. The van der Waals surface area contributed by atoms with Crippen LogP contribution in [-0.2, 0) is 0 Å². The van der Waals surface area contributed by atoms with E-state index in [2.05, 4.69) is 5.10 Å². The minimum absolute atomic E-state index is 0.626. The number of hydrogen-bond acceptors (Lipinski definition) is 2. The first-order valence-corrected chi connectivity index (χ1v) is 4.94. The fourth-order valence-corrected chi connectivity index (χ4v) is 1.68. The number of nitrogens with zero attached hydrogens (tertiary/aromatic N) is 2. The van der Waals surface area contributed by atoms with Crippen molar-refractivity contribution in [1.82, 2.24) is 5.01 Å². The normalized spacial score (nSPS) is 11.6. The summed E-state index contributed by atoms with van der Waals surface area (Å²) in [5.74, 6) is 0. The van der Waals surface area contributed by atoms with Gasteiger partial charge in [-0.15, -0.1) is 0 Å². The quantitative estimate of drug-likeness (QED) is 0.563. The molecule has 0 saturated heterocycles. The van der Waals surface area contributed by atoms with Gasteiger partial charge < -0.3 is 5.01 Å². The summed E-state index contributed by atoms with van der Waals surface area (Å²) in [5, 5.41) is 7.26. The second-order valence-electron chi connectivity index (χ2n) is 3.16. The molecule has 0 heterocycles. The SMILES string of the molecule is CC(=NN(C)C)c1ccc(Cl)cc1Cl. The average molecular weight is 231 g/mol. The van der Waals surface area contributed by atoms with Gasteiger partial charge in [0.2, 0.25) is 0 Å². The van der Waals surface area contributed by atoms with Gasteiger partial charge in [-0.25, -0.2) is 0 Å². The third kappa shape index (κ3) is 2.89. The Morgan fingerprint density at radius 3 is 2.43 bits per heavy atom. The first-order valence-electron chi connectivity index (χ1n) is 4.18. The van der Waals surface area contributed by atoms with E-state index in [0.717, 1.165) is 11.3 Å². The van der Waals surface area contributed by atoms with E-state index in [-0.39, 0.29) is 0 Å². The molecular formula is C10H12Cl2N2. The Hall–Kier alpha value is -0.730. The van der Waals surface area contributed by atoms with Gasteiger partial charge >= 0.3 is 0 Å². The van der Waals surface area contributed by atoms with E-state index < -0.39 is 0 Å². The maximum Gasteiger partial charge on any atom is 0.0661 e. The van der Waals surface area contributed by atoms with E-state index in [1.165, 1.54) is 0 Å². The van der Waals surface area contributed by atoms with Gasteiger partial charge in [-0.1, -0.05) is 29.3 Å². The first kappa shape index (κ1) is 11.3. The molecule has 2 nitrogen and oxygen atoms in total. The van der Waals surface area contributed by atoms with Crippen molar-refractivity contribution in [1.29, 1.82) is 0 Å². The first-order chi connectivity index (χ1) is 6.50. The standard InChI is InChI=1S/C10H12Cl2N2/c1-7(13-14(2)3)9-5-4-8(11)6-10(9)12/h4-6H,1-3H3. The van der Waals surface area contributed by atoms with Crippen LogP contribution in [0.4, 0.5) is 0 Å². The summed E-state index contributed by atoms with van der Waals surface area (Å²) in [6, 6.07) is 5.39. The maximum absolute atomic E-state index is 6.02. The van der Waals surface area contributed by atoms with Crippen LogP contribution in [-0.4, -0.2) is 24.8 Å². The lowest BCUT2D eigenvalue weighted by atomic mass is 10.1. The summed E-state index contributed by atoms with van der Waals surface area (Å²) in [7, 11) is 3.74. The van der Waals surface area contributed by atoms with E-state index in [1.807, 2.05) is 27.1 Å². The Kier molecular flexibility index (Phi) is 3.78. The molecule has 0 N–H and O–H groups in total. The number of hydrazone groups is 1. The lowest BCUT2D eigenvalue weighted by molar-refractivity contribution is 0.438. The minimum atomic E-state index is 0.626. The Morgan fingerprint density at radius 1 is 1.29 bits per heavy atom. The summed E-state index contributed by atoms with van der Waals surface area (Å²) in [5.41, 5.74) is 1.78. The molecule has 14 heavy (non-hydrogen) atoms. The monoisotopic (exact) mass is 230 g/mol. The Bertz CT molecular complexity index is 359. The molecule has 0 spiro atoms. The highest BCUT2D eigenvalue weighted by Crippen LogP contribution is 2.21. The van der Waals surface area contributed by atoms with Crippen LogP contribution in [0.5, 0.6) is 0 Å². The van der Waals surface area contributed by atoms with Crippen molar-refractivity contribution in [3.8, 4) is 0 Å². The molecule has 1 rings (SSSR count). The van der Waals surface area contributed by atoms with Crippen LogP contribution in [0, 0.1) is 0 Å². The van der Waals surface area contributed by atoms with Crippen molar-refractivity contribution < 1.29 is 0 Å². The molecule has 0 aliphatic rings. The molecule has 0 aromatic heterocycles. The van der Waals surface area contributed by atoms with Gasteiger partial charge in [0.1, 0.15) is 0 Å². The smallest absolute Gasteiger partial charge is 0.0661 e. The van der Waals surface area contributed by atoms with Crippen LogP contribution in [0.2, 0.25) is 10.0 Å². The van der Waals surface area contributed by atoms with E-state index in [1.54, 1.807) is 17.1 Å². The summed E-state index contributed by atoms with van der Waals surface area (Å²) in [4.78, 5) is 0. The molecule has 0 unspecified atom stereocenters.